The Balaban J connectivity index is 2.94. The van der Waals surface area contributed by atoms with Gasteiger partial charge in [-0.1, -0.05) is 20.3 Å². The summed E-state index contributed by atoms with van der Waals surface area (Å²) < 4.78 is 39.5. The zero-order chi connectivity index (χ0) is 15.6. The molecule has 0 bridgehead atoms. The first-order chi connectivity index (χ1) is 9.15. The number of nitrogens with one attached hydrogen (secondary N) is 2. The van der Waals surface area contributed by atoms with E-state index < -0.39 is 42.0 Å². The first-order valence-electron chi connectivity index (χ1n) is 6.47. The zero-order valence-electron chi connectivity index (χ0n) is 11.4. The Hall–Kier alpha value is -1.31. The third kappa shape index (κ3) is 3.05. The van der Waals surface area contributed by atoms with Crippen LogP contribution in [0.3, 0.4) is 0 Å². The fourth-order valence-corrected chi connectivity index (χ4v) is 2.22. The second kappa shape index (κ2) is 5.99. The predicted molar refractivity (Wildman–Crippen MR) is 65.0 cm³/mol. The summed E-state index contributed by atoms with van der Waals surface area (Å²) in [6.07, 6.45) is -4.65. The van der Waals surface area contributed by atoms with E-state index in [1.165, 1.54) is 0 Å². The molecule has 0 radical (unpaired) electrons. The maximum Gasteiger partial charge on any atom is 0.404 e. The van der Waals surface area contributed by atoms with Crippen molar-refractivity contribution in [2.24, 2.45) is 11.3 Å². The van der Waals surface area contributed by atoms with Gasteiger partial charge in [-0.05, 0) is 18.9 Å². The molecular weight excluding hydrogens is 277 g/mol. The third-order valence-corrected chi connectivity index (χ3v) is 3.90. The van der Waals surface area contributed by atoms with Crippen LogP contribution in [0.25, 0.3) is 0 Å². The van der Waals surface area contributed by atoms with Crippen molar-refractivity contribution in [2.45, 2.75) is 38.9 Å². The molecule has 1 fully saturated rings. The first kappa shape index (κ1) is 16.7. The van der Waals surface area contributed by atoms with Gasteiger partial charge in [-0.3, -0.25) is 4.79 Å². The lowest BCUT2D eigenvalue weighted by Crippen LogP contribution is -2.57. The summed E-state index contributed by atoms with van der Waals surface area (Å²) >= 11 is 0. The molecule has 1 amide bonds. The number of carbonyl (C=O) groups excluding carboxylic acids is 1. The van der Waals surface area contributed by atoms with Crippen molar-refractivity contribution >= 4 is 11.9 Å². The van der Waals surface area contributed by atoms with Crippen molar-refractivity contribution in [1.82, 2.24) is 10.6 Å². The molecular formula is C12H19F3N2O3. The van der Waals surface area contributed by atoms with Gasteiger partial charge >= 0.3 is 12.1 Å². The molecule has 0 aromatic heterocycles. The second-order valence-corrected chi connectivity index (χ2v) is 5.18. The molecule has 0 aliphatic carbocycles. The van der Waals surface area contributed by atoms with Crippen molar-refractivity contribution < 1.29 is 27.9 Å². The van der Waals surface area contributed by atoms with Gasteiger partial charge in [0.2, 0.25) is 5.91 Å². The van der Waals surface area contributed by atoms with Gasteiger partial charge < -0.3 is 15.7 Å². The van der Waals surface area contributed by atoms with E-state index in [1.807, 2.05) is 0 Å². The number of hydrogen-bond donors (Lipinski definition) is 3. The molecule has 5 nitrogen and oxygen atoms in total. The number of carbonyl (C=O) groups is 2. The van der Waals surface area contributed by atoms with Gasteiger partial charge in [-0.25, -0.2) is 4.79 Å². The van der Waals surface area contributed by atoms with Gasteiger partial charge in [-0.2, -0.15) is 13.2 Å². The molecule has 1 aliphatic rings. The van der Waals surface area contributed by atoms with Crippen molar-refractivity contribution in [3.05, 3.63) is 0 Å². The number of carboxylic acid groups (broad SMARTS) is 1. The summed E-state index contributed by atoms with van der Waals surface area (Å²) in [6, 6.07) is -1.31. The first-order valence-corrected chi connectivity index (χ1v) is 6.47. The Labute approximate surface area is 114 Å². The lowest BCUT2D eigenvalue weighted by molar-refractivity contribution is -0.216. The van der Waals surface area contributed by atoms with E-state index in [2.05, 4.69) is 10.6 Å². The number of carboxylic acids is 1. The van der Waals surface area contributed by atoms with Gasteiger partial charge in [0.1, 0.15) is 6.04 Å². The van der Waals surface area contributed by atoms with Gasteiger partial charge in [0.15, 0.2) is 5.41 Å². The van der Waals surface area contributed by atoms with Crippen LogP contribution >= 0.6 is 0 Å². The van der Waals surface area contributed by atoms with Crippen LogP contribution in [0, 0.1) is 11.3 Å². The molecule has 1 aliphatic heterocycles. The topological polar surface area (TPSA) is 78.4 Å². The molecule has 3 N–H and O–H groups in total. The minimum atomic E-state index is -4.71. The highest BCUT2D eigenvalue weighted by atomic mass is 19.4. The molecule has 3 unspecified atom stereocenters. The maximum absolute atomic E-state index is 13.2. The Kier molecular flexibility index (Phi) is 5.01. The Morgan fingerprint density at radius 3 is 2.40 bits per heavy atom. The van der Waals surface area contributed by atoms with Gasteiger partial charge in [0, 0.05) is 6.54 Å². The Bertz CT molecular complexity index is 379. The van der Waals surface area contributed by atoms with Crippen LogP contribution in [0.1, 0.15) is 26.7 Å². The molecule has 1 rings (SSSR count). The lowest BCUT2D eigenvalue weighted by Gasteiger charge is -2.31. The molecule has 8 heteroatoms. The van der Waals surface area contributed by atoms with Crippen LogP contribution in [-0.4, -0.2) is 42.3 Å². The van der Waals surface area contributed by atoms with Crippen molar-refractivity contribution in [3.63, 3.8) is 0 Å². The largest absolute Gasteiger partial charge is 0.480 e. The lowest BCUT2D eigenvalue weighted by atomic mass is 9.84. The van der Waals surface area contributed by atoms with E-state index in [9.17, 15) is 22.8 Å². The van der Waals surface area contributed by atoms with Crippen LogP contribution < -0.4 is 10.6 Å². The third-order valence-electron chi connectivity index (χ3n) is 3.90. The molecule has 1 heterocycles. The molecule has 20 heavy (non-hydrogen) atoms. The fourth-order valence-electron chi connectivity index (χ4n) is 2.22. The Morgan fingerprint density at radius 2 is 2.05 bits per heavy atom. The summed E-state index contributed by atoms with van der Waals surface area (Å²) in [5.74, 6) is -3.03. The number of hydrogen-bond acceptors (Lipinski definition) is 3. The van der Waals surface area contributed by atoms with E-state index in [4.69, 9.17) is 5.11 Å². The van der Waals surface area contributed by atoms with Crippen LogP contribution in [0.4, 0.5) is 13.2 Å². The fraction of sp³-hybridized carbons (Fsp3) is 0.833. The monoisotopic (exact) mass is 296 g/mol. The van der Waals surface area contributed by atoms with Crippen LogP contribution in [-0.2, 0) is 9.59 Å². The van der Waals surface area contributed by atoms with Crippen LogP contribution in [0.15, 0.2) is 0 Å². The quantitative estimate of drug-likeness (QED) is 0.711. The van der Waals surface area contributed by atoms with Crippen LogP contribution in [0.5, 0.6) is 0 Å². The van der Waals surface area contributed by atoms with E-state index in [-0.39, 0.29) is 13.0 Å². The predicted octanol–water partition coefficient (Wildman–Crippen LogP) is 1.14. The molecule has 3 atom stereocenters. The van der Waals surface area contributed by atoms with Gasteiger partial charge in [0.25, 0.3) is 0 Å². The highest BCUT2D eigenvalue weighted by Gasteiger charge is 2.61. The molecule has 0 spiro atoms. The highest BCUT2D eigenvalue weighted by Crippen LogP contribution is 2.43. The van der Waals surface area contributed by atoms with Crippen molar-refractivity contribution in [2.75, 3.05) is 13.1 Å². The Morgan fingerprint density at radius 1 is 1.45 bits per heavy atom. The summed E-state index contributed by atoms with van der Waals surface area (Å²) in [5.41, 5.74) is -2.53. The van der Waals surface area contributed by atoms with Gasteiger partial charge in [-0.15, -0.1) is 0 Å². The van der Waals surface area contributed by atoms with Crippen molar-refractivity contribution in [1.29, 1.82) is 0 Å². The minimum absolute atomic E-state index is 0.0774. The van der Waals surface area contributed by atoms with E-state index in [1.54, 1.807) is 13.8 Å². The number of rotatable bonds is 5. The standard InChI is InChI=1S/C12H19F3N2O3/c1-3-7(2)8(9(18)19)17-10(20)11(12(13,14)15)4-5-16-6-11/h7-8,16H,3-6H2,1-2H3,(H,17,20)(H,18,19). The molecule has 1 saturated heterocycles. The maximum atomic E-state index is 13.2. The summed E-state index contributed by atoms with van der Waals surface area (Å²) in [5, 5.41) is 13.6. The van der Waals surface area contributed by atoms with Crippen molar-refractivity contribution in [3.8, 4) is 0 Å². The summed E-state index contributed by atoms with van der Waals surface area (Å²) in [6.45, 7) is 2.85. The van der Waals surface area contributed by atoms with E-state index >= 15 is 0 Å². The SMILES string of the molecule is CCC(C)C(NC(=O)C1(C(F)(F)F)CCNC1)C(=O)O. The average Bonchev–Trinajstić information content (AvgIpc) is 2.84. The van der Waals surface area contributed by atoms with Crippen LogP contribution in [0.2, 0.25) is 0 Å². The summed E-state index contributed by atoms with van der Waals surface area (Å²) in [7, 11) is 0. The molecule has 116 valence electrons. The zero-order valence-corrected chi connectivity index (χ0v) is 11.4. The number of halogens is 3. The number of aliphatic carboxylic acids is 1. The molecule has 0 saturated carbocycles. The smallest absolute Gasteiger partial charge is 0.404 e. The highest BCUT2D eigenvalue weighted by molar-refractivity contribution is 5.88. The average molecular weight is 296 g/mol. The number of alkyl halides is 3. The molecule has 0 aromatic carbocycles. The normalized spacial score (nSPS) is 26.1. The molecule has 0 aromatic rings. The summed E-state index contributed by atoms with van der Waals surface area (Å²) in [4.78, 5) is 23.1. The van der Waals surface area contributed by atoms with Gasteiger partial charge in [0.05, 0.1) is 0 Å². The number of amides is 1. The van der Waals surface area contributed by atoms with E-state index in [0.717, 1.165) is 0 Å². The van der Waals surface area contributed by atoms with E-state index in [0.29, 0.717) is 6.42 Å². The minimum Gasteiger partial charge on any atom is -0.480 e. The second-order valence-electron chi connectivity index (χ2n) is 5.18.